The maximum absolute atomic E-state index is 14.2. The zero-order valence-corrected chi connectivity index (χ0v) is 19.0. The molecule has 0 saturated carbocycles. The fraction of sp³-hybridized carbons (Fsp3) is 0.316. The first-order valence-electron chi connectivity index (χ1n) is 8.98. The molecule has 0 aromatic heterocycles. The quantitative estimate of drug-likeness (QED) is 0.516. The minimum atomic E-state index is -3.30. The Morgan fingerprint density at radius 3 is 2.63 bits per heavy atom. The Labute approximate surface area is 186 Å². The number of hydrogen-bond donors (Lipinski definition) is 2. The summed E-state index contributed by atoms with van der Waals surface area (Å²) in [7, 11) is -3.30. The molecule has 2 aromatic rings. The Bertz CT molecular complexity index is 1080. The van der Waals surface area contributed by atoms with Gasteiger partial charge in [0.25, 0.3) is 5.91 Å². The molecule has 0 aliphatic carbocycles. The Hall–Kier alpha value is -1.99. The van der Waals surface area contributed by atoms with Crippen molar-refractivity contribution in [1.29, 1.82) is 0 Å². The van der Waals surface area contributed by atoms with Gasteiger partial charge < -0.3 is 15.8 Å². The molecule has 1 amide bonds. The number of rotatable bonds is 7. The summed E-state index contributed by atoms with van der Waals surface area (Å²) in [5.74, 6) is -2.35. The second kappa shape index (κ2) is 9.02. The van der Waals surface area contributed by atoms with Crippen LogP contribution in [0.5, 0.6) is 5.75 Å². The van der Waals surface area contributed by atoms with Crippen molar-refractivity contribution in [3.05, 3.63) is 51.1 Å². The highest BCUT2D eigenvalue weighted by Gasteiger charge is 2.29. The van der Waals surface area contributed by atoms with Crippen molar-refractivity contribution in [3.63, 3.8) is 0 Å². The first-order valence-corrected chi connectivity index (χ1v) is 11.9. The van der Waals surface area contributed by atoms with E-state index in [4.69, 9.17) is 10.5 Å². The monoisotopic (exact) mass is 551 g/mol. The van der Waals surface area contributed by atoms with Crippen molar-refractivity contribution in [2.24, 2.45) is 11.7 Å². The topological polar surface area (TPSA) is 102 Å². The molecule has 11 heteroatoms. The number of nitrogens with one attached hydrogen (secondary N) is 1. The molecule has 0 spiro atoms. The third-order valence-corrected chi connectivity index (χ3v) is 6.65. The second-order valence-electron chi connectivity index (χ2n) is 7.03. The molecule has 0 radical (unpaired) electrons. The zero-order chi connectivity index (χ0) is 22.1. The van der Waals surface area contributed by atoms with E-state index in [-0.39, 0.29) is 41.8 Å². The molecular formula is C19H20F2IN3O4S. The lowest BCUT2D eigenvalue weighted by Crippen LogP contribution is -2.28. The lowest BCUT2D eigenvalue weighted by molar-refractivity contribution is 0.0996. The van der Waals surface area contributed by atoms with Gasteiger partial charge in [0.2, 0.25) is 10.0 Å². The molecule has 3 rings (SSSR count). The highest BCUT2D eigenvalue weighted by atomic mass is 127. The number of benzene rings is 2. The van der Waals surface area contributed by atoms with E-state index in [2.05, 4.69) is 5.32 Å². The molecule has 1 saturated heterocycles. The van der Waals surface area contributed by atoms with Crippen LogP contribution in [0, 0.1) is 21.1 Å². The van der Waals surface area contributed by atoms with Gasteiger partial charge in [-0.05, 0) is 53.3 Å². The van der Waals surface area contributed by atoms with Crippen LogP contribution in [0.4, 0.5) is 20.2 Å². The molecule has 3 N–H and O–H groups in total. The number of halogens is 3. The summed E-state index contributed by atoms with van der Waals surface area (Å²) in [6, 6.07) is 6.47. The van der Waals surface area contributed by atoms with Gasteiger partial charge in [0.1, 0.15) is 22.9 Å². The lowest BCUT2D eigenvalue weighted by Gasteiger charge is -2.18. The SMILES string of the molecule is CS(=O)(=O)N1CCC(COc2cc(F)cc(Nc3ccc(I)cc3F)c2C(N)=O)C1. The molecule has 1 aliphatic heterocycles. The summed E-state index contributed by atoms with van der Waals surface area (Å²) in [6.45, 7) is 0.726. The van der Waals surface area contributed by atoms with Crippen LogP contribution < -0.4 is 15.8 Å². The number of carbonyl (C=O) groups excluding carboxylic acids is 1. The van der Waals surface area contributed by atoms with Gasteiger partial charge in [-0.1, -0.05) is 0 Å². The molecule has 1 aliphatic rings. The molecular weight excluding hydrogens is 531 g/mol. The minimum absolute atomic E-state index is 0.0261. The van der Waals surface area contributed by atoms with Crippen molar-refractivity contribution in [2.75, 3.05) is 31.3 Å². The highest BCUT2D eigenvalue weighted by Crippen LogP contribution is 2.32. The molecule has 1 heterocycles. The van der Waals surface area contributed by atoms with Crippen LogP contribution in [0.15, 0.2) is 30.3 Å². The van der Waals surface area contributed by atoms with Gasteiger partial charge in [-0.25, -0.2) is 21.5 Å². The van der Waals surface area contributed by atoms with Crippen molar-refractivity contribution in [2.45, 2.75) is 6.42 Å². The van der Waals surface area contributed by atoms with E-state index < -0.39 is 27.6 Å². The second-order valence-corrected chi connectivity index (χ2v) is 10.3. The molecule has 1 fully saturated rings. The number of carbonyl (C=O) groups is 1. The largest absolute Gasteiger partial charge is 0.492 e. The van der Waals surface area contributed by atoms with Gasteiger partial charge >= 0.3 is 0 Å². The van der Waals surface area contributed by atoms with Crippen LogP contribution in [-0.4, -0.2) is 44.6 Å². The summed E-state index contributed by atoms with van der Waals surface area (Å²) in [4.78, 5) is 12.1. The predicted molar refractivity (Wildman–Crippen MR) is 117 cm³/mol. The summed E-state index contributed by atoms with van der Waals surface area (Å²) < 4.78 is 59.4. The Kier molecular flexibility index (Phi) is 6.82. The highest BCUT2D eigenvalue weighted by molar-refractivity contribution is 14.1. The number of primary amides is 1. The zero-order valence-electron chi connectivity index (χ0n) is 16.0. The minimum Gasteiger partial charge on any atom is -0.492 e. The Morgan fingerprint density at radius 2 is 2.03 bits per heavy atom. The average Bonchev–Trinajstić information content (AvgIpc) is 3.11. The smallest absolute Gasteiger partial charge is 0.254 e. The number of sulfonamides is 1. The van der Waals surface area contributed by atoms with E-state index in [9.17, 15) is 22.0 Å². The number of amides is 1. The fourth-order valence-corrected chi connectivity index (χ4v) is 4.60. The van der Waals surface area contributed by atoms with Gasteiger partial charge in [-0.15, -0.1) is 0 Å². The molecule has 0 bridgehead atoms. The van der Waals surface area contributed by atoms with E-state index in [1.807, 2.05) is 22.6 Å². The number of anilines is 2. The Morgan fingerprint density at radius 1 is 1.30 bits per heavy atom. The normalized spacial score (nSPS) is 17.1. The first-order chi connectivity index (χ1) is 14.0. The standard InChI is InChI=1S/C19H20F2IN3O4S/c1-30(27,28)25-5-4-11(9-25)10-29-17-7-12(20)6-16(18(17)19(23)26)24-15-3-2-13(22)8-14(15)21/h2-3,6-8,11,24H,4-5,9-10H2,1H3,(H2,23,26). The van der Waals surface area contributed by atoms with Gasteiger partial charge in [0.05, 0.1) is 24.2 Å². The van der Waals surface area contributed by atoms with Crippen molar-refractivity contribution < 1.29 is 26.7 Å². The van der Waals surface area contributed by atoms with Crippen LogP contribution in [0.1, 0.15) is 16.8 Å². The van der Waals surface area contributed by atoms with E-state index in [0.717, 1.165) is 18.4 Å². The third kappa shape index (κ3) is 5.38. The molecule has 7 nitrogen and oxygen atoms in total. The average molecular weight is 551 g/mol. The number of hydrogen-bond acceptors (Lipinski definition) is 5. The number of ether oxygens (including phenoxy) is 1. The fourth-order valence-electron chi connectivity index (χ4n) is 3.23. The maximum atomic E-state index is 14.2. The van der Waals surface area contributed by atoms with Gasteiger partial charge in [0, 0.05) is 28.6 Å². The Balaban J connectivity index is 1.84. The van der Waals surface area contributed by atoms with Crippen LogP contribution in [0.25, 0.3) is 0 Å². The molecule has 30 heavy (non-hydrogen) atoms. The van der Waals surface area contributed by atoms with Crippen LogP contribution in [-0.2, 0) is 10.0 Å². The molecule has 1 atom stereocenters. The summed E-state index contributed by atoms with van der Waals surface area (Å²) in [5.41, 5.74) is 5.39. The number of nitrogens with two attached hydrogens (primary N) is 1. The van der Waals surface area contributed by atoms with E-state index in [1.165, 1.54) is 16.4 Å². The first kappa shape index (κ1) is 22.7. The predicted octanol–water partition coefficient (Wildman–Crippen LogP) is 3.07. The van der Waals surface area contributed by atoms with Gasteiger partial charge in [0.15, 0.2) is 0 Å². The lowest BCUT2D eigenvalue weighted by atomic mass is 10.1. The van der Waals surface area contributed by atoms with Crippen molar-refractivity contribution in [1.82, 2.24) is 4.31 Å². The molecule has 2 aromatic carbocycles. The molecule has 1 unspecified atom stereocenters. The number of nitrogens with zero attached hydrogens (tertiary/aromatic N) is 1. The van der Waals surface area contributed by atoms with Crippen LogP contribution in [0.2, 0.25) is 0 Å². The summed E-state index contributed by atoms with van der Waals surface area (Å²) in [6.07, 6.45) is 1.71. The van der Waals surface area contributed by atoms with Crippen molar-refractivity contribution in [3.8, 4) is 5.75 Å². The van der Waals surface area contributed by atoms with E-state index in [1.54, 1.807) is 6.07 Å². The van der Waals surface area contributed by atoms with Gasteiger partial charge in [-0.3, -0.25) is 4.79 Å². The van der Waals surface area contributed by atoms with Crippen molar-refractivity contribution >= 4 is 49.9 Å². The maximum Gasteiger partial charge on any atom is 0.254 e. The van der Waals surface area contributed by atoms with Crippen LogP contribution in [0.3, 0.4) is 0 Å². The summed E-state index contributed by atoms with van der Waals surface area (Å²) in [5, 5.41) is 2.70. The van der Waals surface area contributed by atoms with E-state index >= 15 is 0 Å². The third-order valence-electron chi connectivity index (χ3n) is 4.71. The van der Waals surface area contributed by atoms with E-state index in [0.29, 0.717) is 16.5 Å². The summed E-state index contributed by atoms with van der Waals surface area (Å²) >= 11 is 1.95. The molecule has 162 valence electrons. The van der Waals surface area contributed by atoms with Crippen LogP contribution >= 0.6 is 22.6 Å². The van der Waals surface area contributed by atoms with Gasteiger partial charge in [-0.2, -0.15) is 0 Å².